The Morgan fingerprint density at radius 2 is 1.76 bits per heavy atom. The second-order valence-electron chi connectivity index (χ2n) is 5.38. The molecule has 3 N–H and O–H groups in total. The van der Waals surface area contributed by atoms with Crippen molar-refractivity contribution in [2.24, 2.45) is 17.7 Å². The maximum absolute atomic E-state index is 13.1. The van der Waals surface area contributed by atoms with Gasteiger partial charge in [-0.1, -0.05) is 26.7 Å². The van der Waals surface area contributed by atoms with Crippen molar-refractivity contribution in [2.75, 3.05) is 0 Å². The first-order valence-corrected chi connectivity index (χ1v) is 6.86. The molecule has 0 aliphatic heterocycles. The molecular formula is C13H26F2N2. The average molecular weight is 248 g/mol. The minimum Gasteiger partial charge on any atom is -0.271 e. The van der Waals surface area contributed by atoms with E-state index in [4.69, 9.17) is 5.84 Å². The lowest BCUT2D eigenvalue weighted by atomic mass is 9.78. The fraction of sp³-hybridized carbons (Fsp3) is 1.00. The molecule has 102 valence electrons. The number of halogens is 2. The molecule has 2 nitrogen and oxygen atoms in total. The second kappa shape index (κ2) is 6.64. The van der Waals surface area contributed by atoms with Gasteiger partial charge in [-0.2, -0.15) is 0 Å². The molecule has 0 spiro atoms. The Hall–Kier alpha value is -0.220. The first kappa shape index (κ1) is 14.8. The van der Waals surface area contributed by atoms with Gasteiger partial charge in [-0.3, -0.25) is 11.3 Å². The van der Waals surface area contributed by atoms with Crippen LogP contribution in [0, 0.1) is 11.8 Å². The van der Waals surface area contributed by atoms with Crippen molar-refractivity contribution in [3.05, 3.63) is 0 Å². The number of hydrazine groups is 1. The molecule has 1 saturated carbocycles. The standard InChI is InChI=1S/C13H26F2N2/c1-3-10(4-2)9-12(17-16)11-5-7-13(14,15)8-6-11/h10-12,17H,3-9,16H2,1-2H3. The van der Waals surface area contributed by atoms with Gasteiger partial charge < -0.3 is 0 Å². The van der Waals surface area contributed by atoms with Crippen LogP contribution in [0.15, 0.2) is 0 Å². The summed E-state index contributed by atoms with van der Waals surface area (Å²) < 4.78 is 26.2. The molecule has 1 rings (SSSR count). The van der Waals surface area contributed by atoms with Crippen LogP contribution >= 0.6 is 0 Å². The summed E-state index contributed by atoms with van der Waals surface area (Å²) in [5.41, 5.74) is 2.85. The highest BCUT2D eigenvalue weighted by atomic mass is 19.3. The zero-order chi connectivity index (χ0) is 12.9. The van der Waals surface area contributed by atoms with Crippen molar-refractivity contribution in [1.82, 2.24) is 5.43 Å². The summed E-state index contributed by atoms with van der Waals surface area (Å²) in [7, 11) is 0. The molecule has 4 heteroatoms. The van der Waals surface area contributed by atoms with Gasteiger partial charge in [0.2, 0.25) is 5.92 Å². The highest BCUT2D eigenvalue weighted by molar-refractivity contribution is 4.85. The highest BCUT2D eigenvalue weighted by Crippen LogP contribution is 2.38. The summed E-state index contributed by atoms with van der Waals surface area (Å²) in [6.07, 6.45) is 4.54. The Morgan fingerprint density at radius 3 is 2.18 bits per heavy atom. The molecule has 1 atom stereocenters. The Morgan fingerprint density at radius 1 is 1.24 bits per heavy atom. The van der Waals surface area contributed by atoms with Crippen molar-refractivity contribution in [3.63, 3.8) is 0 Å². The molecule has 0 aromatic heterocycles. The van der Waals surface area contributed by atoms with E-state index in [0.717, 1.165) is 19.3 Å². The zero-order valence-corrected chi connectivity index (χ0v) is 11.0. The van der Waals surface area contributed by atoms with Crippen LogP contribution < -0.4 is 11.3 Å². The number of hydrogen-bond acceptors (Lipinski definition) is 2. The molecule has 0 amide bonds. The van der Waals surface area contributed by atoms with Crippen molar-refractivity contribution in [3.8, 4) is 0 Å². The molecule has 0 radical (unpaired) electrons. The molecule has 1 fully saturated rings. The van der Waals surface area contributed by atoms with Gasteiger partial charge in [0.25, 0.3) is 0 Å². The van der Waals surface area contributed by atoms with E-state index in [1.165, 1.54) is 0 Å². The highest BCUT2D eigenvalue weighted by Gasteiger charge is 2.37. The van der Waals surface area contributed by atoms with Crippen LogP contribution in [0.2, 0.25) is 0 Å². The summed E-state index contributed by atoms with van der Waals surface area (Å²) in [5, 5.41) is 0. The fourth-order valence-electron chi connectivity index (χ4n) is 2.84. The van der Waals surface area contributed by atoms with E-state index in [-0.39, 0.29) is 18.9 Å². The number of hydrogen-bond donors (Lipinski definition) is 2. The molecular weight excluding hydrogens is 222 g/mol. The van der Waals surface area contributed by atoms with Gasteiger partial charge in [-0.05, 0) is 31.1 Å². The van der Waals surface area contributed by atoms with Gasteiger partial charge in [-0.25, -0.2) is 8.78 Å². The van der Waals surface area contributed by atoms with Crippen LogP contribution in [-0.2, 0) is 0 Å². The first-order chi connectivity index (χ1) is 8.02. The van der Waals surface area contributed by atoms with Crippen molar-refractivity contribution < 1.29 is 8.78 Å². The summed E-state index contributed by atoms with van der Waals surface area (Å²) in [6.45, 7) is 4.35. The van der Waals surface area contributed by atoms with Gasteiger partial charge in [0.15, 0.2) is 0 Å². The molecule has 1 aliphatic carbocycles. The molecule has 0 aromatic rings. The smallest absolute Gasteiger partial charge is 0.248 e. The Kier molecular flexibility index (Phi) is 5.80. The summed E-state index contributed by atoms with van der Waals surface area (Å²) in [5.74, 6) is 4.12. The van der Waals surface area contributed by atoms with Crippen LogP contribution in [-0.4, -0.2) is 12.0 Å². The summed E-state index contributed by atoms with van der Waals surface area (Å²) in [6, 6.07) is 0.205. The molecule has 0 saturated heterocycles. The minimum atomic E-state index is -2.44. The molecule has 17 heavy (non-hydrogen) atoms. The lowest BCUT2D eigenvalue weighted by molar-refractivity contribution is -0.0504. The third-order valence-corrected chi connectivity index (χ3v) is 4.29. The van der Waals surface area contributed by atoms with E-state index in [9.17, 15) is 8.78 Å². The van der Waals surface area contributed by atoms with Crippen molar-refractivity contribution >= 4 is 0 Å². The average Bonchev–Trinajstić information content (AvgIpc) is 2.32. The predicted octanol–water partition coefficient (Wildman–Crippen LogP) is 3.47. The van der Waals surface area contributed by atoms with Crippen LogP contribution in [0.1, 0.15) is 58.8 Å². The van der Waals surface area contributed by atoms with Crippen molar-refractivity contribution in [2.45, 2.75) is 70.8 Å². The first-order valence-electron chi connectivity index (χ1n) is 6.86. The van der Waals surface area contributed by atoms with E-state index in [0.29, 0.717) is 24.7 Å². The van der Waals surface area contributed by atoms with Crippen LogP contribution in [0.25, 0.3) is 0 Å². The Bertz CT molecular complexity index is 207. The molecule has 0 heterocycles. The minimum absolute atomic E-state index is 0.0266. The summed E-state index contributed by atoms with van der Waals surface area (Å²) in [4.78, 5) is 0. The largest absolute Gasteiger partial charge is 0.271 e. The maximum Gasteiger partial charge on any atom is 0.248 e. The van der Waals surface area contributed by atoms with Crippen LogP contribution in [0.3, 0.4) is 0 Å². The van der Waals surface area contributed by atoms with E-state index >= 15 is 0 Å². The quantitative estimate of drug-likeness (QED) is 0.558. The van der Waals surface area contributed by atoms with Crippen LogP contribution in [0.4, 0.5) is 8.78 Å². The van der Waals surface area contributed by atoms with Gasteiger partial charge in [0.1, 0.15) is 0 Å². The third kappa shape index (κ3) is 4.51. The number of alkyl halides is 2. The molecule has 0 aromatic carbocycles. The van der Waals surface area contributed by atoms with Gasteiger partial charge in [0.05, 0.1) is 0 Å². The van der Waals surface area contributed by atoms with E-state index < -0.39 is 5.92 Å². The van der Waals surface area contributed by atoms with Crippen molar-refractivity contribution in [1.29, 1.82) is 0 Å². The number of rotatable bonds is 6. The third-order valence-electron chi connectivity index (χ3n) is 4.29. The molecule has 1 unspecified atom stereocenters. The SMILES string of the molecule is CCC(CC)CC(NN)C1CCC(F)(F)CC1. The van der Waals surface area contributed by atoms with Gasteiger partial charge in [0, 0.05) is 18.9 Å². The lowest BCUT2D eigenvalue weighted by Crippen LogP contribution is -2.44. The molecule has 0 bridgehead atoms. The monoisotopic (exact) mass is 248 g/mol. The summed E-state index contributed by atoms with van der Waals surface area (Å²) >= 11 is 0. The Balaban J connectivity index is 2.46. The predicted molar refractivity (Wildman–Crippen MR) is 66.7 cm³/mol. The normalized spacial score (nSPS) is 22.9. The maximum atomic E-state index is 13.1. The second-order valence-corrected chi connectivity index (χ2v) is 5.38. The molecule has 1 aliphatic rings. The lowest BCUT2D eigenvalue weighted by Gasteiger charge is -2.34. The fourth-order valence-corrected chi connectivity index (χ4v) is 2.84. The Labute approximate surface area is 103 Å². The van der Waals surface area contributed by atoms with E-state index in [1.54, 1.807) is 0 Å². The van der Waals surface area contributed by atoms with Crippen LogP contribution in [0.5, 0.6) is 0 Å². The number of nitrogens with one attached hydrogen (secondary N) is 1. The van der Waals surface area contributed by atoms with Gasteiger partial charge in [-0.15, -0.1) is 0 Å². The number of nitrogens with two attached hydrogens (primary N) is 1. The topological polar surface area (TPSA) is 38.0 Å². The van der Waals surface area contributed by atoms with E-state index in [2.05, 4.69) is 19.3 Å². The zero-order valence-electron chi connectivity index (χ0n) is 11.0. The van der Waals surface area contributed by atoms with Gasteiger partial charge >= 0.3 is 0 Å². The van der Waals surface area contributed by atoms with E-state index in [1.807, 2.05) is 0 Å².